The van der Waals surface area contributed by atoms with Gasteiger partial charge in [0.1, 0.15) is 0 Å². The summed E-state index contributed by atoms with van der Waals surface area (Å²) in [6, 6.07) is 2.98. The van der Waals surface area contributed by atoms with Gasteiger partial charge < -0.3 is 10.5 Å². The van der Waals surface area contributed by atoms with Crippen LogP contribution in [0.5, 0.6) is 0 Å². The zero-order chi connectivity index (χ0) is 13.9. The molecular formula is C12H19N3O3S. The van der Waals surface area contributed by atoms with Crippen LogP contribution < -0.4 is 10.5 Å². The monoisotopic (exact) mass is 285 g/mol. The van der Waals surface area contributed by atoms with Crippen molar-refractivity contribution < 1.29 is 13.2 Å². The minimum atomic E-state index is -3.58. The molecule has 0 radical (unpaired) electrons. The number of hydrogen-bond acceptors (Lipinski definition) is 5. The molecule has 19 heavy (non-hydrogen) atoms. The number of nitrogens with zero attached hydrogens (tertiary/aromatic N) is 1. The Morgan fingerprint density at radius 2 is 2.37 bits per heavy atom. The molecule has 2 unspecified atom stereocenters. The minimum absolute atomic E-state index is 0.0236. The summed E-state index contributed by atoms with van der Waals surface area (Å²) in [5.41, 5.74) is 6.26. The summed E-state index contributed by atoms with van der Waals surface area (Å²) in [5, 5.41) is 0.0236. The first kappa shape index (κ1) is 14.4. The molecule has 1 aromatic heterocycles. The van der Waals surface area contributed by atoms with Crippen molar-refractivity contribution in [3.63, 3.8) is 0 Å². The largest absolute Gasteiger partial charge is 0.381 e. The molecule has 0 amide bonds. The fourth-order valence-electron chi connectivity index (χ4n) is 2.04. The second-order valence-electron chi connectivity index (χ2n) is 4.74. The van der Waals surface area contributed by atoms with E-state index in [2.05, 4.69) is 9.71 Å². The van der Waals surface area contributed by atoms with Crippen LogP contribution in [-0.4, -0.2) is 32.7 Å². The van der Waals surface area contributed by atoms with Crippen LogP contribution in [-0.2, 0) is 21.3 Å². The van der Waals surface area contributed by atoms with E-state index in [4.69, 9.17) is 10.5 Å². The molecule has 1 fully saturated rings. The van der Waals surface area contributed by atoms with Gasteiger partial charge in [-0.1, -0.05) is 6.07 Å². The van der Waals surface area contributed by atoms with Gasteiger partial charge in [0.05, 0.1) is 6.61 Å². The lowest BCUT2D eigenvalue weighted by atomic mass is 10.0. The molecule has 1 aromatic rings. The van der Waals surface area contributed by atoms with Crippen molar-refractivity contribution in [2.75, 3.05) is 13.2 Å². The minimum Gasteiger partial charge on any atom is -0.381 e. The average molecular weight is 285 g/mol. The van der Waals surface area contributed by atoms with Gasteiger partial charge in [-0.25, -0.2) is 18.1 Å². The third kappa shape index (κ3) is 3.50. The van der Waals surface area contributed by atoms with E-state index in [-0.39, 0.29) is 17.0 Å². The highest BCUT2D eigenvalue weighted by Crippen LogP contribution is 2.18. The summed E-state index contributed by atoms with van der Waals surface area (Å²) in [6.45, 7) is 3.49. The molecule has 106 valence electrons. The number of pyridine rings is 1. The molecule has 0 spiro atoms. The Hall–Kier alpha value is -1.02. The first-order valence-corrected chi connectivity index (χ1v) is 7.76. The van der Waals surface area contributed by atoms with Crippen LogP contribution in [0.3, 0.4) is 0 Å². The van der Waals surface area contributed by atoms with Gasteiger partial charge in [0.25, 0.3) is 10.0 Å². The number of sulfonamides is 1. The fourth-order valence-corrected chi connectivity index (χ4v) is 3.28. The lowest BCUT2D eigenvalue weighted by Gasteiger charge is -2.18. The van der Waals surface area contributed by atoms with Crippen LogP contribution in [0.25, 0.3) is 0 Å². The summed E-state index contributed by atoms with van der Waals surface area (Å²) in [4.78, 5) is 3.94. The maximum Gasteiger partial charge on any atom is 0.258 e. The van der Waals surface area contributed by atoms with Crippen LogP contribution in [0.15, 0.2) is 23.4 Å². The SMILES string of the molecule is CC(NS(=O)(=O)c1ccc(CN)cn1)C1CCOC1. The van der Waals surface area contributed by atoms with E-state index in [1.54, 1.807) is 6.07 Å². The van der Waals surface area contributed by atoms with E-state index in [1.807, 2.05) is 6.92 Å². The van der Waals surface area contributed by atoms with E-state index >= 15 is 0 Å². The standard InChI is InChI=1S/C12H19N3O3S/c1-9(11-4-5-18-8-11)15-19(16,17)12-3-2-10(6-13)7-14-12/h2-3,7,9,11,15H,4-6,8,13H2,1H3. The highest BCUT2D eigenvalue weighted by molar-refractivity contribution is 7.89. The Labute approximate surface area is 113 Å². The second kappa shape index (κ2) is 5.96. The van der Waals surface area contributed by atoms with Crippen LogP contribution in [0.1, 0.15) is 18.9 Å². The Morgan fingerprint density at radius 1 is 1.58 bits per heavy atom. The molecule has 1 saturated heterocycles. The van der Waals surface area contributed by atoms with Gasteiger partial charge in [0.2, 0.25) is 0 Å². The van der Waals surface area contributed by atoms with Crippen molar-refractivity contribution >= 4 is 10.0 Å². The normalized spacial score (nSPS) is 21.5. The summed E-state index contributed by atoms with van der Waals surface area (Å²) in [7, 11) is -3.58. The molecule has 7 heteroatoms. The van der Waals surface area contributed by atoms with Gasteiger partial charge in [0.15, 0.2) is 5.03 Å². The van der Waals surface area contributed by atoms with Gasteiger partial charge in [0, 0.05) is 31.3 Å². The maximum absolute atomic E-state index is 12.2. The van der Waals surface area contributed by atoms with Crippen LogP contribution >= 0.6 is 0 Å². The lowest BCUT2D eigenvalue weighted by molar-refractivity contribution is 0.180. The molecule has 0 aliphatic carbocycles. The smallest absolute Gasteiger partial charge is 0.258 e. The molecule has 1 aliphatic rings. The number of rotatable bonds is 5. The second-order valence-corrected chi connectivity index (χ2v) is 6.40. The predicted octanol–water partition coefficient (Wildman–Crippen LogP) is 0.244. The molecule has 2 heterocycles. The van der Waals surface area contributed by atoms with E-state index in [1.165, 1.54) is 12.3 Å². The molecule has 3 N–H and O–H groups in total. The Morgan fingerprint density at radius 3 is 2.89 bits per heavy atom. The average Bonchev–Trinajstić information content (AvgIpc) is 2.92. The van der Waals surface area contributed by atoms with Crippen LogP contribution in [0.2, 0.25) is 0 Å². The zero-order valence-corrected chi connectivity index (χ0v) is 11.7. The molecule has 1 aliphatic heterocycles. The summed E-state index contributed by atoms with van der Waals surface area (Å²) in [6.07, 6.45) is 2.36. The molecule has 0 saturated carbocycles. The highest BCUT2D eigenvalue weighted by Gasteiger charge is 2.27. The Balaban J connectivity index is 2.08. The van der Waals surface area contributed by atoms with Gasteiger partial charge >= 0.3 is 0 Å². The van der Waals surface area contributed by atoms with Crippen LogP contribution in [0, 0.1) is 5.92 Å². The van der Waals surface area contributed by atoms with Crippen molar-refractivity contribution in [1.82, 2.24) is 9.71 Å². The van der Waals surface area contributed by atoms with Gasteiger partial charge in [-0.3, -0.25) is 0 Å². The van der Waals surface area contributed by atoms with Crippen molar-refractivity contribution in [2.45, 2.75) is 31.0 Å². The fraction of sp³-hybridized carbons (Fsp3) is 0.583. The quantitative estimate of drug-likeness (QED) is 0.808. The van der Waals surface area contributed by atoms with Crippen LogP contribution in [0.4, 0.5) is 0 Å². The first-order valence-electron chi connectivity index (χ1n) is 6.28. The molecule has 6 nitrogen and oxygen atoms in total. The lowest BCUT2D eigenvalue weighted by Crippen LogP contribution is -2.38. The van der Waals surface area contributed by atoms with E-state index in [9.17, 15) is 8.42 Å². The maximum atomic E-state index is 12.2. The number of nitrogens with two attached hydrogens (primary N) is 1. The Bertz CT molecular complexity index is 510. The van der Waals surface area contributed by atoms with E-state index in [0.717, 1.165) is 12.0 Å². The highest BCUT2D eigenvalue weighted by atomic mass is 32.2. The third-order valence-corrected chi connectivity index (χ3v) is 4.80. The summed E-state index contributed by atoms with van der Waals surface area (Å²) >= 11 is 0. The molecule has 2 atom stereocenters. The van der Waals surface area contributed by atoms with Crippen molar-refractivity contribution in [3.8, 4) is 0 Å². The molecule has 2 rings (SSSR count). The predicted molar refractivity (Wildman–Crippen MR) is 70.8 cm³/mol. The number of aromatic nitrogens is 1. The van der Waals surface area contributed by atoms with Crippen molar-refractivity contribution in [3.05, 3.63) is 23.9 Å². The Kier molecular flexibility index (Phi) is 4.51. The topological polar surface area (TPSA) is 94.3 Å². The summed E-state index contributed by atoms with van der Waals surface area (Å²) in [5.74, 6) is 0.220. The van der Waals surface area contributed by atoms with Gasteiger partial charge in [-0.05, 0) is 25.0 Å². The van der Waals surface area contributed by atoms with Gasteiger partial charge in [-0.15, -0.1) is 0 Å². The van der Waals surface area contributed by atoms with Crippen molar-refractivity contribution in [2.24, 2.45) is 11.7 Å². The van der Waals surface area contributed by atoms with E-state index in [0.29, 0.717) is 19.8 Å². The van der Waals surface area contributed by atoms with Gasteiger partial charge in [-0.2, -0.15) is 0 Å². The summed E-state index contributed by atoms with van der Waals surface area (Å²) < 4.78 is 32.2. The third-order valence-electron chi connectivity index (χ3n) is 3.32. The number of ether oxygens (including phenoxy) is 1. The first-order chi connectivity index (χ1) is 9.03. The number of hydrogen-bond donors (Lipinski definition) is 2. The zero-order valence-electron chi connectivity index (χ0n) is 10.9. The molecular weight excluding hydrogens is 266 g/mol. The van der Waals surface area contributed by atoms with Crippen molar-refractivity contribution in [1.29, 1.82) is 0 Å². The molecule has 0 bridgehead atoms. The molecule has 0 aromatic carbocycles. The van der Waals surface area contributed by atoms with E-state index < -0.39 is 10.0 Å². The number of nitrogens with one attached hydrogen (secondary N) is 1.